The minimum atomic E-state index is -0.201. The Morgan fingerprint density at radius 2 is 1.82 bits per heavy atom. The summed E-state index contributed by atoms with van der Waals surface area (Å²) >= 11 is 12.2. The zero-order valence-corrected chi connectivity index (χ0v) is 16.9. The number of ether oxygens (including phenoxy) is 1. The quantitative estimate of drug-likeness (QED) is 0.712. The standard InChI is InChI=1S/C21H22Cl2N2O3/c22-15-5-4-6-17(13-15)28-12-9-20(26)24-16-7-8-18(19(23)14-16)21(27)25-10-2-1-3-11-25/h4-8,13-14H,1-3,9-12H2,(H,24,26). The van der Waals surface area contributed by atoms with Crippen molar-refractivity contribution in [2.75, 3.05) is 25.0 Å². The minimum absolute atomic E-state index is 0.0579. The maximum absolute atomic E-state index is 12.6. The molecular formula is C21H22Cl2N2O3. The van der Waals surface area contributed by atoms with E-state index < -0.39 is 0 Å². The predicted octanol–water partition coefficient (Wildman–Crippen LogP) is 5.03. The molecule has 28 heavy (non-hydrogen) atoms. The number of halogens is 2. The normalized spacial score (nSPS) is 13.9. The van der Waals surface area contributed by atoms with Crippen LogP contribution in [0, 0.1) is 0 Å². The second-order valence-electron chi connectivity index (χ2n) is 6.65. The first-order chi connectivity index (χ1) is 13.5. The molecule has 1 aliphatic rings. The Labute approximate surface area is 174 Å². The van der Waals surface area contributed by atoms with E-state index in [-0.39, 0.29) is 24.8 Å². The van der Waals surface area contributed by atoms with Crippen LogP contribution in [0.2, 0.25) is 10.0 Å². The summed E-state index contributed by atoms with van der Waals surface area (Å²) in [6.45, 7) is 1.76. The lowest BCUT2D eigenvalue weighted by atomic mass is 10.1. The number of benzene rings is 2. The van der Waals surface area contributed by atoms with Crippen molar-refractivity contribution >= 4 is 40.7 Å². The Morgan fingerprint density at radius 3 is 2.54 bits per heavy atom. The number of piperidine rings is 1. The van der Waals surface area contributed by atoms with Gasteiger partial charge in [-0.15, -0.1) is 0 Å². The number of carbonyl (C=O) groups is 2. The van der Waals surface area contributed by atoms with Gasteiger partial charge in [0.15, 0.2) is 0 Å². The van der Waals surface area contributed by atoms with E-state index in [1.807, 2.05) is 4.90 Å². The molecule has 7 heteroatoms. The third-order valence-electron chi connectivity index (χ3n) is 4.52. The maximum atomic E-state index is 12.6. The van der Waals surface area contributed by atoms with Gasteiger partial charge in [0.25, 0.3) is 5.91 Å². The Hall–Kier alpha value is -2.24. The monoisotopic (exact) mass is 420 g/mol. The Morgan fingerprint density at radius 1 is 1.04 bits per heavy atom. The molecule has 148 valence electrons. The largest absolute Gasteiger partial charge is 0.493 e. The van der Waals surface area contributed by atoms with Crippen molar-refractivity contribution in [1.29, 1.82) is 0 Å². The van der Waals surface area contributed by atoms with Gasteiger partial charge >= 0.3 is 0 Å². The molecule has 1 saturated heterocycles. The van der Waals surface area contributed by atoms with Crippen molar-refractivity contribution in [3.05, 3.63) is 58.1 Å². The molecular weight excluding hydrogens is 399 g/mol. The molecule has 1 fully saturated rings. The van der Waals surface area contributed by atoms with Crippen LogP contribution in [0.25, 0.3) is 0 Å². The number of rotatable bonds is 6. The summed E-state index contributed by atoms with van der Waals surface area (Å²) in [5.74, 6) is 0.356. The van der Waals surface area contributed by atoms with Crippen molar-refractivity contribution in [1.82, 2.24) is 4.90 Å². The second-order valence-corrected chi connectivity index (χ2v) is 7.50. The number of amides is 2. The molecule has 0 aromatic heterocycles. The lowest BCUT2D eigenvalue weighted by molar-refractivity contribution is -0.116. The fraction of sp³-hybridized carbons (Fsp3) is 0.333. The lowest BCUT2D eigenvalue weighted by Crippen LogP contribution is -2.35. The van der Waals surface area contributed by atoms with E-state index in [1.165, 1.54) is 0 Å². The first-order valence-electron chi connectivity index (χ1n) is 9.30. The molecule has 5 nitrogen and oxygen atoms in total. The minimum Gasteiger partial charge on any atom is -0.493 e. The average molecular weight is 421 g/mol. The third-order valence-corrected chi connectivity index (χ3v) is 5.07. The topological polar surface area (TPSA) is 58.6 Å². The summed E-state index contributed by atoms with van der Waals surface area (Å²) in [7, 11) is 0. The molecule has 1 heterocycles. The number of anilines is 1. The molecule has 0 saturated carbocycles. The highest BCUT2D eigenvalue weighted by atomic mass is 35.5. The second kappa shape index (κ2) is 9.80. The maximum Gasteiger partial charge on any atom is 0.255 e. The van der Waals surface area contributed by atoms with Crippen LogP contribution >= 0.6 is 23.2 Å². The van der Waals surface area contributed by atoms with Crippen LogP contribution in [-0.2, 0) is 4.79 Å². The number of carbonyl (C=O) groups excluding carboxylic acids is 2. The van der Waals surface area contributed by atoms with Gasteiger partial charge in [-0.1, -0.05) is 29.3 Å². The molecule has 0 aliphatic carbocycles. The first-order valence-corrected chi connectivity index (χ1v) is 10.1. The van der Waals surface area contributed by atoms with Crippen molar-refractivity contribution < 1.29 is 14.3 Å². The van der Waals surface area contributed by atoms with Crippen molar-refractivity contribution in [2.45, 2.75) is 25.7 Å². The number of hydrogen-bond acceptors (Lipinski definition) is 3. The Bertz CT molecular complexity index is 851. The molecule has 0 spiro atoms. The molecule has 2 amide bonds. The fourth-order valence-corrected chi connectivity index (χ4v) is 3.52. The van der Waals surface area contributed by atoms with Crippen LogP contribution in [0.1, 0.15) is 36.0 Å². The van der Waals surface area contributed by atoms with Gasteiger partial charge in [-0.3, -0.25) is 9.59 Å². The number of likely N-dealkylation sites (tertiary alicyclic amines) is 1. The zero-order valence-electron chi connectivity index (χ0n) is 15.4. The summed E-state index contributed by atoms with van der Waals surface area (Å²) in [6.07, 6.45) is 3.38. The van der Waals surface area contributed by atoms with Gasteiger partial charge in [-0.05, 0) is 55.7 Å². The number of nitrogens with zero attached hydrogens (tertiary/aromatic N) is 1. The van der Waals surface area contributed by atoms with Crippen LogP contribution in [0.15, 0.2) is 42.5 Å². The zero-order chi connectivity index (χ0) is 19.9. The lowest BCUT2D eigenvalue weighted by Gasteiger charge is -2.27. The summed E-state index contributed by atoms with van der Waals surface area (Å²) in [4.78, 5) is 26.5. The number of nitrogens with one attached hydrogen (secondary N) is 1. The summed E-state index contributed by atoms with van der Waals surface area (Å²) in [5, 5.41) is 3.69. The van der Waals surface area contributed by atoms with Gasteiger partial charge in [0.1, 0.15) is 5.75 Å². The Balaban J connectivity index is 1.52. The van der Waals surface area contributed by atoms with E-state index >= 15 is 0 Å². The van der Waals surface area contributed by atoms with Crippen LogP contribution in [0.3, 0.4) is 0 Å². The van der Waals surface area contributed by atoms with Crippen LogP contribution in [-0.4, -0.2) is 36.4 Å². The van der Waals surface area contributed by atoms with Crippen molar-refractivity contribution in [3.63, 3.8) is 0 Å². The van der Waals surface area contributed by atoms with Crippen LogP contribution in [0.4, 0.5) is 5.69 Å². The molecule has 2 aromatic carbocycles. The first kappa shape index (κ1) is 20.5. The van der Waals surface area contributed by atoms with Gasteiger partial charge in [-0.25, -0.2) is 0 Å². The van der Waals surface area contributed by atoms with Gasteiger partial charge in [-0.2, -0.15) is 0 Å². The highest BCUT2D eigenvalue weighted by Gasteiger charge is 2.20. The fourth-order valence-electron chi connectivity index (χ4n) is 3.08. The van der Waals surface area contributed by atoms with Gasteiger partial charge in [0.2, 0.25) is 5.91 Å². The van der Waals surface area contributed by atoms with Gasteiger partial charge < -0.3 is 15.0 Å². The van der Waals surface area contributed by atoms with E-state index in [0.717, 1.165) is 32.4 Å². The van der Waals surface area contributed by atoms with E-state index in [9.17, 15) is 9.59 Å². The smallest absolute Gasteiger partial charge is 0.255 e. The molecule has 2 aromatic rings. The molecule has 0 atom stereocenters. The molecule has 0 bridgehead atoms. The van der Waals surface area contributed by atoms with Crippen LogP contribution in [0.5, 0.6) is 5.75 Å². The number of hydrogen-bond donors (Lipinski definition) is 1. The van der Waals surface area contributed by atoms with E-state index in [0.29, 0.717) is 27.0 Å². The molecule has 0 radical (unpaired) electrons. The van der Waals surface area contributed by atoms with Gasteiger partial charge in [0.05, 0.1) is 23.6 Å². The van der Waals surface area contributed by atoms with Crippen molar-refractivity contribution in [3.8, 4) is 5.75 Å². The van der Waals surface area contributed by atoms with Crippen molar-refractivity contribution in [2.24, 2.45) is 0 Å². The van der Waals surface area contributed by atoms with E-state index in [2.05, 4.69) is 5.32 Å². The third kappa shape index (κ3) is 5.63. The average Bonchev–Trinajstić information content (AvgIpc) is 2.68. The molecule has 3 rings (SSSR count). The molecule has 1 N–H and O–H groups in total. The van der Waals surface area contributed by atoms with Gasteiger partial charge in [0, 0.05) is 23.8 Å². The SMILES string of the molecule is O=C(CCOc1cccc(Cl)c1)Nc1ccc(C(=O)N2CCCCC2)c(Cl)c1. The highest BCUT2D eigenvalue weighted by molar-refractivity contribution is 6.34. The summed E-state index contributed by atoms with van der Waals surface area (Å²) in [6, 6.07) is 12.0. The predicted molar refractivity (Wildman–Crippen MR) is 111 cm³/mol. The molecule has 0 unspecified atom stereocenters. The molecule has 1 aliphatic heterocycles. The van der Waals surface area contributed by atoms with E-state index in [1.54, 1.807) is 42.5 Å². The van der Waals surface area contributed by atoms with E-state index in [4.69, 9.17) is 27.9 Å². The van der Waals surface area contributed by atoms with Crippen LogP contribution < -0.4 is 10.1 Å². The summed E-state index contributed by atoms with van der Waals surface area (Å²) in [5.41, 5.74) is 1.01. The summed E-state index contributed by atoms with van der Waals surface area (Å²) < 4.78 is 5.52. The Kier molecular flexibility index (Phi) is 7.18. The highest BCUT2D eigenvalue weighted by Crippen LogP contribution is 2.24.